The van der Waals surface area contributed by atoms with Gasteiger partial charge in [0.1, 0.15) is 36.1 Å². The minimum Gasteiger partial charge on any atom is -0.497 e. The Labute approximate surface area is 161 Å². The molecule has 4 rings (SSSR count). The molecule has 1 amide bonds. The van der Waals surface area contributed by atoms with Crippen LogP contribution in [0.1, 0.15) is 10.4 Å². The summed E-state index contributed by atoms with van der Waals surface area (Å²) in [6, 6.07) is 10.1. The normalized spacial score (nSPS) is 22.4. The largest absolute Gasteiger partial charge is 0.497 e. The molecule has 2 aliphatic rings. The van der Waals surface area contributed by atoms with E-state index in [1.54, 1.807) is 12.0 Å². The molecule has 2 fully saturated rings. The third-order valence-electron chi connectivity index (χ3n) is 4.79. The summed E-state index contributed by atoms with van der Waals surface area (Å²) >= 11 is 0. The van der Waals surface area contributed by atoms with Crippen molar-refractivity contribution in [2.45, 2.75) is 18.3 Å². The molecule has 0 bridgehead atoms. The molecule has 0 aliphatic carbocycles. The highest BCUT2D eigenvalue weighted by Crippen LogP contribution is 2.25. The van der Waals surface area contributed by atoms with Gasteiger partial charge in [-0.25, -0.2) is 4.79 Å². The number of rotatable bonds is 4. The monoisotopic (exact) mass is 387 g/mol. The van der Waals surface area contributed by atoms with E-state index in [4.69, 9.17) is 23.4 Å². The molecule has 8 nitrogen and oxygen atoms in total. The van der Waals surface area contributed by atoms with Crippen LogP contribution in [0.25, 0.3) is 0 Å². The van der Waals surface area contributed by atoms with Gasteiger partial charge in [-0.1, -0.05) is 6.07 Å². The third-order valence-corrected chi connectivity index (χ3v) is 4.79. The molecule has 148 valence electrons. The summed E-state index contributed by atoms with van der Waals surface area (Å²) in [6.45, 7) is 1.55. The maximum absolute atomic E-state index is 12.6. The van der Waals surface area contributed by atoms with E-state index in [0.717, 1.165) is 5.75 Å². The molecule has 2 aromatic rings. The molecule has 2 atom stereocenters. The second-order valence-electron chi connectivity index (χ2n) is 6.72. The lowest BCUT2D eigenvalue weighted by molar-refractivity contribution is -0.00461. The molecular formula is C20H21NO7. The van der Waals surface area contributed by atoms with Crippen LogP contribution in [0.15, 0.2) is 51.9 Å². The highest BCUT2D eigenvalue weighted by Gasteiger charge is 2.40. The van der Waals surface area contributed by atoms with Crippen molar-refractivity contribution in [3.63, 3.8) is 0 Å². The fourth-order valence-electron chi connectivity index (χ4n) is 3.34. The minimum atomic E-state index is -0.489. The molecule has 1 aromatic carbocycles. The number of fused-ring (bicyclic) bond motifs is 1. The zero-order valence-corrected chi connectivity index (χ0v) is 15.4. The summed E-state index contributed by atoms with van der Waals surface area (Å²) in [5, 5.41) is 0. The number of nitrogens with zero attached hydrogens (tertiary/aromatic N) is 1. The molecule has 0 saturated carbocycles. The predicted octanol–water partition coefficient (Wildman–Crippen LogP) is 1.34. The molecule has 0 unspecified atom stereocenters. The summed E-state index contributed by atoms with van der Waals surface area (Å²) < 4.78 is 27.8. The Morgan fingerprint density at radius 2 is 1.79 bits per heavy atom. The summed E-state index contributed by atoms with van der Waals surface area (Å²) in [7, 11) is 1.61. The van der Waals surface area contributed by atoms with Gasteiger partial charge < -0.3 is 28.3 Å². The number of carbonyl (C=O) groups excluding carboxylic acids is 1. The van der Waals surface area contributed by atoms with Gasteiger partial charge in [-0.05, 0) is 18.2 Å². The zero-order valence-electron chi connectivity index (χ0n) is 15.4. The van der Waals surface area contributed by atoms with Crippen LogP contribution in [0.4, 0.5) is 0 Å². The fourth-order valence-corrected chi connectivity index (χ4v) is 3.34. The Bertz CT molecular complexity index is 860. The minimum absolute atomic E-state index is 0.215. The van der Waals surface area contributed by atoms with Crippen LogP contribution in [-0.4, -0.2) is 62.5 Å². The van der Waals surface area contributed by atoms with E-state index in [0.29, 0.717) is 37.6 Å². The summed E-state index contributed by atoms with van der Waals surface area (Å²) in [4.78, 5) is 25.3. The van der Waals surface area contributed by atoms with Crippen LogP contribution in [0.5, 0.6) is 11.5 Å². The van der Waals surface area contributed by atoms with Gasteiger partial charge in [-0.15, -0.1) is 0 Å². The lowest BCUT2D eigenvalue weighted by Gasteiger charge is -2.19. The average molecular weight is 387 g/mol. The molecule has 8 heteroatoms. The first kappa shape index (κ1) is 18.5. The lowest BCUT2D eigenvalue weighted by Crippen LogP contribution is -2.33. The topological polar surface area (TPSA) is 87.4 Å². The second kappa shape index (κ2) is 8.04. The van der Waals surface area contributed by atoms with Gasteiger partial charge in [0.25, 0.3) is 5.91 Å². The van der Waals surface area contributed by atoms with Crippen molar-refractivity contribution in [2.75, 3.05) is 33.4 Å². The number of benzene rings is 1. The Hall–Kier alpha value is -2.84. The number of hydrogen-bond acceptors (Lipinski definition) is 7. The summed E-state index contributed by atoms with van der Waals surface area (Å²) in [5.41, 5.74) is -0.160. The molecular weight excluding hydrogens is 366 g/mol. The van der Waals surface area contributed by atoms with Crippen molar-refractivity contribution in [1.29, 1.82) is 0 Å². The van der Waals surface area contributed by atoms with E-state index in [9.17, 15) is 9.59 Å². The van der Waals surface area contributed by atoms with Gasteiger partial charge in [0.05, 0.1) is 25.9 Å². The first-order valence-corrected chi connectivity index (χ1v) is 9.04. The first-order chi connectivity index (χ1) is 13.6. The van der Waals surface area contributed by atoms with Crippen molar-refractivity contribution in [2.24, 2.45) is 0 Å². The van der Waals surface area contributed by atoms with Gasteiger partial charge in [-0.2, -0.15) is 0 Å². The van der Waals surface area contributed by atoms with Crippen molar-refractivity contribution >= 4 is 5.91 Å². The molecule has 0 radical (unpaired) electrons. The molecule has 2 saturated heterocycles. The van der Waals surface area contributed by atoms with Gasteiger partial charge in [0.15, 0.2) is 0 Å². The van der Waals surface area contributed by atoms with Crippen LogP contribution in [0.3, 0.4) is 0 Å². The Kier molecular flexibility index (Phi) is 5.31. The van der Waals surface area contributed by atoms with E-state index < -0.39 is 5.63 Å². The van der Waals surface area contributed by atoms with Crippen molar-refractivity contribution < 1.29 is 28.2 Å². The fraction of sp³-hybridized carbons (Fsp3) is 0.400. The van der Waals surface area contributed by atoms with Crippen molar-refractivity contribution in [3.05, 3.63) is 58.6 Å². The lowest BCUT2D eigenvalue weighted by atomic mass is 10.2. The van der Waals surface area contributed by atoms with Crippen LogP contribution < -0.4 is 15.1 Å². The van der Waals surface area contributed by atoms with E-state index in [1.165, 1.54) is 18.4 Å². The Morgan fingerprint density at radius 1 is 1.07 bits per heavy atom. The standard InChI is InChI=1S/C20H21NO7/c1-24-14-3-2-4-15(7-14)28-16-11-25-17-8-21(9-18(17)26-12-16)20(23)13-5-6-19(22)27-10-13/h2-7,10,16-18H,8-9,11-12H2,1H3/t17-,18-/m0/s1. The van der Waals surface area contributed by atoms with Gasteiger partial charge in [0.2, 0.25) is 0 Å². The molecule has 0 spiro atoms. The van der Waals surface area contributed by atoms with Crippen LogP contribution in [-0.2, 0) is 9.47 Å². The van der Waals surface area contributed by atoms with E-state index in [1.807, 2.05) is 24.3 Å². The van der Waals surface area contributed by atoms with Gasteiger partial charge in [-0.3, -0.25) is 4.79 Å². The highest BCUT2D eigenvalue weighted by molar-refractivity contribution is 5.94. The molecule has 2 aliphatic heterocycles. The summed E-state index contributed by atoms with van der Waals surface area (Å²) in [5.74, 6) is 1.19. The summed E-state index contributed by atoms with van der Waals surface area (Å²) in [6.07, 6.45) is 0.487. The van der Waals surface area contributed by atoms with E-state index in [-0.39, 0.29) is 24.2 Å². The highest BCUT2D eigenvalue weighted by atomic mass is 16.6. The van der Waals surface area contributed by atoms with Crippen LogP contribution >= 0.6 is 0 Å². The third kappa shape index (κ3) is 4.02. The van der Waals surface area contributed by atoms with Crippen molar-refractivity contribution in [1.82, 2.24) is 4.90 Å². The molecule has 3 heterocycles. The SMILES string of the molecule is COc1cccc(OC2CO[C@H]3CN(C(=O)c4ccc(=O)oc4)C[C@@H]3OC2)c1. The second-order valence-corrected chi connectivity index (χ2v) is 6.72. The van der Waals surface area contributed by atoms with Crippen molar-refractivity contribution in [3.8, 4) is 11.5 Å². The smallest absolute Gasteiger partial charge is 0.335 e. The number of likely N-dealkylation sites (tertiary alicyclic amines) is 1. The average Bonchev–Trinajstić information content (AvgIpc) is 3.04. The van der Waals surface area contributed by atoms with Crippen LogP contribution in [0.2, 0.25) is 0 Å². The number of hydrogen-bond donors (Lipinski definition) is 0. The van der Waals surface area contributed by atoms with E-state index >= 15 is 0 Å². The predicted molar refractivity (Wildman–Crippen MR) is 97.8 cm³/mol. The Balaban J connectivity index is 1.35. The van der Waals surface area contributed by atoms with Crippen LogP contribution in [0, 0.1) is 0 Å². The van der Waals surface area contributed by atoms with Gasteiger partial charge >= 0.3 is 5.63 Å². The zero-order chi connectivity index (χ0) is 19.5. The quantitative estimate of drug-likeness (QED) is 0.782. The van der Waals surface area contributed by atoms with E-state index in [2.05, 4.69) is 0 Å². The first-order valence-electron chi connectivity index (χ1n) is 9.04. The maximum atomic E-state index is 12.6. The number of methoxy groups -OCH3 is 1. The molecule has 0 N–H and O–H groups in total. The molecule has 1 aromatic heterocycles. The maximum Gasteiger partial charge on any atom is 0.335 e. The Morgan fingerprint density at radius 3 is 2.43 bits per heavy atom. The van der Waals surface area contributed by atoms with Gasteiger partial charge in [0, 0.05) is 25.2 Å². The number of carbonyl (C=O) groups is 1. The number of amides is 1. The number of ether oxygens (including phenoxy) is 4. The molecule has 28 heavy (non-hydrogen) atoms.